The van der Waals surface area contributed by atoms with Crippen molar-refractivity contribution in [1.82, 2.24) is 4.31 Å². The van der Waals surface area contributed by atoms with Gasteiger partial charge in [-0.1, -0.05) is 6.92 Å². The smallest absolute Gasteiger partial charge is 0.215 e. The van der Waals surface area contributed by atoms with Crippen LogP contribution in [0, 0.1) is 5.92 Å². The van der Waals surface area contributed by atoms with Crippen LogP contribution in [0.3, 0.4) is 0 Å². The zero-order chi connectivity index (χ0) is 11.7. The number of sulfonamides is 1. The Morgan fingerprint density at radius 3 is 2.53 bits per heavy atom. The van der Waals surface area contributed by atoms with Crippen molar-refractivity contribution in [2.45, 2.75) is 39.2 Å². The van der Waals surface area contributed by atoms with Crippen LogP contribution in [0.1, 0.15) is 33.6 Å². The Balaban J connectivity index is 2.69. The van der Waals surface area contributed by atoms with Gasteiger partial charge >= 0.3 is 0 Å². The lowest BCUT2D eigenvalue weighted by Gasteiger charge is -2.32. The van der Waals surface area contributed by atoms with Crippen LogP contribution in [0.5, 0.6) is 0 Å². The minimum Gasteiger partial charge on any atom is -0.325 e. The molecule has 0 amide bonds. The Bertz CT molecular complexity index is 306. The Kier molecular flexibility index (Phi) is 3.79. The average Bonchev–Trinajstić information content (AvgIpc) is 1.99. The van der Waals surface area contributed by atoms with E-state index >= 15 is 0 Å². The van der Waals surface area contributed by atoms with Crippen LogP contribution in [-0.4, -0.2) is 37.1 Å². The van der Waals surface area contributed by atoms with Crippen LogP contribution in [0.15, 0.2) is 0 Å². The van der Waals surface area contributed by atoms with E-state index in [9.17, 15) is 8.42 Å². The van der Waals surface area contributed by atoms with Crippen molar-refractivity contribution in [2.24, 2.45) is 11.7 Å². The fourth-order valence-electron chi connectivity index (χ4n) is 1.96. The fraction of sp³-hybridized carbons (Fsp3) is 1.00. The van der Waals surface area contributed by atoms with Gasteiger partial charge in [0.1, 0.15) is 0 Å². The molecule has 1 heterocycles. The molecule has 1 aliphatic rings. The molecule has 0 saturated carbocycles. The number of piperidine rings is 1. The second-order valence-corrected chi connectivity index (χ2v) is 7.32. The zero-order valence-corrected chi connectivity index (χ0v) is 10.7. The molecule has 1 atom stereocenters. The lowest BCUT2D eigenvalue weighted by Crippen LogP contribution is -2.48. The van der Waals surface area contributed by atoms with Crippen LogP contribution >= 0.6 is 0 Å². The molecule has 0 aliphatic carbocycles. The van der Waals surface area contributed by atoms with E-state index in [1.807, 2.05) is 0 Å². The van der Waals surface area contributed by atoms with Gasteiger partial charge in [-0.05, 0) is 32.6 Å². The maximum absolute atomic E-state index is 12.0. The predicted molar refractivity (Wildman–Crippen MR) is 62.0 cm³/mol. The standard InChI is InChI=1S/C10H22N2O2S/c1-9-5-4-6-12(7-9)15(13,14)8-10(2,3)11/h9H,4-8,11H2,1-3H3. The molecule has 1 fully saturated rings. The van der Waals surface area contributed by atoms with Gasteiger partial charge in [-0.25, -0.2) is 12.7 Å². The molecule has 1 rings (SSSR count). The fourth-order valence-corrected chi connectivity index (χ4v) is 3.97. The van der Waals surface area contributed by atoms with Crippen molar-refractivity contribution in [1.29, 1.82) is 0 Å². The number of rotatable bonds is 3. The third kappa shape index (κ3) is 4.09. The highest BCUT2D eigenvalue weighted by atomic mass is 32.2. The maximum atomic E-state index is 12.0. The van der Waals surface area contributed by atoms with Gasteiger partial charge in [0.25, 0.3) is 0 Å². The SMILES string of the molecule is CC1CCCN(S(=O)(=O)CC(C)(C)N)C1. The van der Waals surface area contributed by atoms with E-state index in [0.29, 0.717) is 19.0 Å². The van der Waals surface area contributed by atoms with Gasteiger partial charge in [0, 0.05) is 18.6 Å². The molecule has 0 radical (unpaired) electrons. The molecule has 5 heteroatoms. The third-order valence-corrected chi connectivity index (χ3v) is 4.79. The first kappa shape index (κ1) is 12.9. The molecular weight excluding hydrogens is 212 g/mol. The van der Waals surface area contributed by atoms with E-state index in [0.717, 1.165) is 12.8 Å². The lowest BCUT2D eigenvalue weighted by molar-refractivity contribution is 0.279. The minimum absolute atomic E-state index is 0.0344. The lowest BCUT2D eigenvalue weighted by atomic mass is 10.0. The summed E-state index contributed by atoms with van der Waals surface area (Å²) in [6.45, 7) is 6.90. The largest absolute Gasteiger partial charge is 0.325 e. The highest BCUT2D eigenvalue weighted by Crippen LogP contribution is 2.20. The predicted octanol–water partition coefficient (Wildman–Crippen LogP) is 0.785. The third-order valence-electron chi connectivity index (χ3n) is 2.57. The van der Waals surface area contributed by atoms with Gasteiger partial charge in [0.2, 0.25) is 10.0 Å². The first-order chi connectivity index (χ1) is 6.71. The topological polar surface area (TPSA) is 63.4 Å². The molecule has 0 aromatic rings. The van der Waals surface area contributed by atoms with Crippen LogP contribution < -0.4 is 5.73 Å². The van der Waals surface area contributed by atoms with Gasteiger partial charge in [0.15, 0.2) is 0 Å². The van der Waals surface area contributed by atoms with Crippen molar-refractivity contribution in [3.05, 3.63) is 0 Å². The summed E-state index contributed by atoms with van der Waals surface area (Å²) in [6, 6.07) is 0. The normalized spacial score (nSPS) is 25.5. The molecule has 4 nitrogen and oxygen atoms in total. The van der Waals surface area contributed by atoms with Gasteiger partial charge in [0.05, 0.1) is 5.75 Å². The van der Waals surface area contributed by atoms with Crippen molar-refractivity contribution in [2.75, 3.05) is 18.8 Å². The van der Waals surface area contributed by atoms with Crippen LogP contribution in [0.2, 0.25) is 0 Å². The summed E-state index contributed by atoms with van der Waals surface area (Å²) in [6.07, 6.45) is 2.09. The van der Waals surface area contributed by atoms with Crippen LogP contribution in [0.25, 0.3) is 0 Å². The quantitative estimate of drug-likeness (QED) is 0.785. The highest BCUT2D eigenvalue weighted by Gasteiger charge is 2.30. The summed E-state index contributed by atoms with van der Waals surface area (Å²) in [4.78, 5) is 0. The average molecular weight is 234 g/mol. The van der Waals surface area contributed by atoms with E-state index in [4.69, 9.17) is 5.73 Å². The Hall–Kier alpha value is -0.130. The van der Waals surface area contributed by atoms with E-state index in [1.54, 1.807) is 18.2 Å². The van der Waals surface area contributed by atoms with Crippen LogP contribution in [-0.2, 0) is 10.0 Å². The molecule has 1 aliphatic heterocycles. The molecule has 1 unspecified atom stereocenters. The zero-order valence-electron chi connectivity index (χ0n) is 9.86. The highest BCUT2D eigenvalue weighted by molar-refractivity contribution is 7.89. The molecule has 15 heavy (non-hydrogen) atoms. The minimum atomic E-state index is -3.17. The molecule has 0 aromatic heterocycles. The van der Waals surface area contributed by atoms with E-state index < -0.39 is 15.6 Å². The van der Waals surface area contributed by atoms with Crippen LogP contribution in [0.4, 0.5) is 0 Å². The molecule has 1 saturated heterocycles. The number of nitrogens with zero attached hydrogens (tertiary/aromatic N) is 1. The number of hydrogen-bond acceptors (Lipinski definition) is 3. The summed E-state index contributed by atoms with van der Waals surface area (Å²) in [7, 11) is -3.17. The number of nitrogens with two attached hydrogens (primary N) is 1. The second kappa shape index (κ2) is 4.39. The van der Waals surface area contributed by atoms with Crippen molar-refractivity contribution in [3.8, 4) is 0 Å². The summed E-state index contributed by atoms with van der Waals surface area (Å²) in [5, 5.41) is 0. The molecule has 0 aromatic carbocycles. The molecule has 2 N–H and O–H groups in total. The summed E-state index contributed by atoms with van der Waals surface area (Å²) in [5.41, 5.74) is 5.10. The molecule has 0 spiro atoms. The Labute approximate surface area is 92.9 Å². The van der Waals surface area contributed by atoms with Gasteiger partial charge in [-0.2, -0.15) is 0 Å². The second-order valence-electron chi connectivity index (χ2n) is 5.35. The van der Waals surface area contributed by atoms with Gasteiger partial charge in [-0.15, -0.1) is 0 Å². The van der Waals surface area contributed by atoms with Crippen molar-refractivity contribution in [3.63, 3.8) is 0 Å². The van der Waals surface area contributed by atoms with Crippen molar-refractivity contribution < 1.29 is 8.42 Å². The van der Waals surface area contributed by atoms with E-state index in [-0.39, 0.29) is 5.75 Å². The first-order valence-corrected chi connectivity index (χ1v) is 7.08. The van der Waals surface area contributed by atoms with E-state index in [1.165, 1.54) is 0 Å². The number of hydrogen-bond donors (Lipinski definition) is 1. The molecule has 90 valence electrons. The maximum Gasteiger partial charge on any atom is 0.215 e. The summed E-state index contributed by atoms with van der Waals surface area (Å²) in [5.74, 6) is 0.501. The van der Waals surface area contributed by atoms with Gasteiger partial charge < -0.3 is 5.73 Å². The van der Waals surface area contributed by atoms with Gasteiger partial charge in [-0.3, -0.25) is 0 Å². The monoisotopic (exact) mass is 234 g/mol. The molecule has 0 bridgehead atoms. The summed E-state index contributed by atoms with van der Waals surface area (Å²) < 4.78 is 25.6. The Morgan fingerprint density at radius 2 is 2.07 bits per heavy atom. The Morgan fingerprint density at radius 1 is 1.47 bits per heavy atom. The molecular formula is C10H22N2O2S. The van der Waals surface area contributed by atoms with Crippen molar-refractivity contribution >= 4 is 10.0 Å². The van der Waals surface area contributed by atoms with E-state index in [2.05, 4.69) is 6.92 Å². The summed E-state index contributed by atoms with van der Waals surface area (Å²) >= 11 is 0. The first-order valence-electron chi connectivity index (χ1n) is 5.47.